The van der Waals surface area contributed by atoms with Crippen LogP contribution < -0.4 is 5.32 Å². The van der Waals surface area contributed by atoms with E-state index in [-0.39, 0.29) is 5.91 Å². The van der Waals surface area contributed by atoms with Gasteiger partial charge < -0.3 is 5.32 Å². The number of hydrogen-bond acceptors (Lipinski definition) is 2. The predicted molar refractivity (Wildman–Crippen MR) is 61.8 cm³/mol. The molecule has 0 unspecified atom stereocenters. The SMILES string of the molecule is C/C=C/C=C/C(=O)Nc1cccc(Cl)n1. The number of hydrogen-bond donors (Lipinski definition) is 1. The molecule has 0 bridgehead atoms. The predicted octanol–water partition coefficient (Wildman–Crippen LogP) is 2.81. The van der Waals surface area contributed by atoms with E-state index >= 15 is 0 Å². The maximum absolute atomic E-state index is 11.3. The molecule has 15 heavy (non-hydrogen) atoms. The van der Waals surface area contributed by atoms with Gasteiger partial charge in [-0.15, -0.1) is 0 Å². The van der Waals surface area contributed by atoms with Crippen molar-refractivity contribution in [1.29, 1.82) is 0 Å². The summed E-state index contributed by atoms with van der Waals surface area (Å²) in [6.45, 7) is 1.88. The molecule has 4 heteroatoms. The summed E-state index contributed by atoms with van der Waals surface area (Å²) in [4.78, 5) is 15.2. The Labute approximate surface area is 93.5 Å². The van der Waals surface area contributed by atoms with E-state index in [9.17, 15) is 4.79 Å². The van der Waals surface area contributed by atoms with Crippen molar-refractivity contribution < 1.29 is 4.79 Å². The molecule has 1 aromatic rings. The Morgan fingerprint density at radius 3 is 2.93 bits per heavy atom. The molecule has 1 heterocycles. The van der Waals surface area contributed by atoms with Crippen molar-refractivity contribution >= 4 is 23.3 Å². The van der Waals surface area contributed by atoms with Crippen molar-refractivity contribution in [3.05, 3.63) is 47.7 Å². The zero-order valence-corrected chi connectivity index (χ0v) is 9.03. The lowest BCUT2D eigenvalue weighted by Gasteiger charge is -2.00. The first-order valence-corrected chi connectivity index (χ1v) is 4.83. The number of halogens is 1. The molecule has 0 saturated heterocycles. The van der Waals surface area contributed by atoms with Gasteiger partial charge in [0, 0.05) is 6.08 Å². The average molecular weight is 223 g/mol. The van der Waals surface area contributed by atoms with Crippen molar-refractivity contribution in [1.82, 2.24) is 4.98 Å². The summed E-state index contributed by atoms with van der Waals surface area (Å²) >= 11 is 5.66. The Balaban J connectivity index is 2.59. The first-order chi connectivity index (χ1) is 7.22. The van der Waals surface area contributed by atoms with Crippen LogP contribution in [0.2, 0.25) is 5.15 Å². The summed E-state index contributed by atoms with van der Waals surface area (Å²) in [6.07, 6.45) is 6.68. The van der Waals surface area contributed by atoms with E-state index in [1.807, 2.05) is 13.0 Å². The molecule has 0 aliphatic heterocycles. The molecule has 1 amide bonds. The van der Waals surface area contributed by atoms with Crippen LogP contribution in [0.4, 0.5) is 5.82 Å². The van der Waals surface area contributed by atoms with E-state index < -0.39 is 0 Å². The Kier molecular flexibility index (Phi) is 4.57. The van der Waals surface area contributed by atoms with Crippen LogP contribution in [0.3, 0.4) is 0 Å². The number of amides is 1. The first kappa shape index (κ1) is 11.5. The summed E-state index contributed by atoms with van der Waals surface area (Å²) in [5.74, 6) is 0.209. The maximum Gasteiger partial charge on any atom is 0.249 e. The molecule has 1 aromatic heterocycles. The first-order valence-electron chi connectivity index (χ1n) is 4.45. The molecule has 0 atom stereocenters. The minimum Gasteiger partial charge on any atom is -0.307 e. The van der Waals surface area contributed by atoms with Crippen molar-refractivity contribution in [3.63, 3.8) is 0 Å². The number of aromatic nitrogens is 1. The van der Waals surface area contributed by atoms with Crippen LogP contribution >= 0.6 is 11.6 Å². The number of nitrogens with one attached hydrogen (secondary N) is 1. The molecular formula is C11H11ClN2O. The van der Waals surface area contributed by atoms with Gasteiger partial charge in [0.1, 0.15) is 11.0 Å². The highest BCUT2D eigenvalue weighted by molar-refractivity contribution is 6.29. The van der Waals surface area contributed by atoms with Crippen LogP contribution in [0.1, 0.15) is 6.92 Å². The van der Waals surface area contributed by atoms with Crippen LogP contribution in [0.25, 0.3) is 0 Å². The van der Waals surface area contributed by atoms with Gasteiger partial charge >= 0.3 is 0 Å². The average Bonchev–Trinajstić information content (AvgIpc) is 2.18. The third kappa shape index (κ3) is 4.42. The van der Waals surface area contributed by atoms with Gasteiger partial charge in [-0.05, 0) is 19.1 Å². The highest BCUT2D eigenvalue weighted by Gasteiger charge is 1.98. The lowest BCUT2D eigenvalue weighted by Crippen LogP contribution is -2.08. The topological polar surface area (TPSA) is 42.0 Å². The molecule has 78 valence electrons. The Morgan fingerprint density at radius 2 is 2.27 bits per heavy atom. The molecule has 0 aliphatic rings. The van der Waals surface area contributed by atoms with E-state index in [1.54, 1.807) is 30.4 Å². The van der Waals surface area contributed by atoms with Crippen LogP contribution in [0.5, 0.6) is 0 Å². The largest absolute Gasteiger partial charge is 0.307 e. The summed E-state index contributed by atoms with van der Waals surface area (Å²) < 4.78 is 0. The van der Waals surface area contributed by atoms with E-state index in [2.05, 4.69) is 10.3 Å². The van der Waals surface area contributed by atoms with Crippen molar-refractivity contribution in [3.8, 4) is 0 Å². The third-order valence-electron chi connectivity index (χ3n) is 1.52. The van der Waals surface area contributed by atoms with E-state index in [4.69, 9.17) is 11.6 Å². The van der Waals surface area contributed by atoms with Gasteiger partial charge in [0.2, 0.25) is 5.91 Å². The minimum atomic E-state index is -0.233. The highest BCUT2D eigenvalue weighted by Crippen LogP contribution is 2.08. The molecule has 1 rings (SSSR count). The second-order valence-corrected chi connectivity index (χ2v) is 3.11. The van der Waals surface area contributed by atoms with E-state index in [1.165, 1.54) is 6.08 Å². The molecule has 0 fully saturated rings. The number of anilines is 1. The van der Waals surface area contributed by atoms with Gasteiger partial charge in [0.25, 0.3) is 0 Å². The lowest BCUT2D eigenvalue weighted by atomic mass is 10.4. The van der Waals surface area contributed by atoms with Crippen molar-refractivity contribution in [2.75, 3.05) is 5.32 Å². The third-order valence-corrected chi connectivity index (χ3v) is 1.73. The van der Waals surface area contributed by atoms with Gasteiger partial charge in [-0.1, -0.05) is 35.9 Å². The quantitative estimate of drug-likeness (QED) is 0.486. The lowest BCUT2D eigenvalue weighted by molar-refractivity contribution is -0.111. The second-order valence-electron chi connectivity index (χ2n) is 2.72. The Bertz CT molecular complexity index is 399. The highest BCUT2D eigenvalue weighted by atomic mass is 35.5. The summed E-state index contributed by atoms with van der Waals surface area (Å²) in [5, 5.41) is 2.94. The summed E-state index contributed by atoms with van der Waals surface area (Å²) in [5.41, 5.74) is 0. The molecule has 0 aliphatic carbocycles. The summed E-state index contributed by atoms with van der Waals surface area (Å²) in [7, 11) is 0. The van der Waals surface area contributed by atoms with Gasteiger partial charge in [-0.2, -0.15) is 0 Å². The Morgan fingerprint density at radius 1 is 1.47 bits per heavy atom. The number of allylic oxidation sites excluding steroid dienone is 3. The molecule has 0 radical (unpaired) electrons. The number of pyridine rings is 1. The van der Waals surface area contributed by atoms with Crippen LogP contribution in [0, 0.1) is 0 Å². The van der Waals surface area contributed by atoms with Crippen LogP contribution in [-0.2, 0) is 4.79 Å². The van der Waals surface area contributed by atoms with Crippen molar-refractivity contribution in [2.24, 2.45) is 0 Å². The van der Waals surface area contributed by atoms with Gasteiger partial charge in [0.15, 0.2) is 0 Å². The molecule has 0 saturated carbocycles. The number of rotatable bonds is 3. The van der Waals surface area contributed by atoms with Crippen LogP contribution in [-0.4, -0.2) is 10.9 Å². The van der Waals surface area contributed by atoms with E-state index in [0.717, 1.165) is 0 Å². The fourth-order valence-corrected chi connectivity index (χ4v) is 1.06. The van der Waals surface area contributed by atoms with Gasteiger partial charge in [-0.3, -0.25) is 4.79 Å². The molecular weight excluding hydrogens is 212 g/mol. The standard InChI is InChI=1S/C11H11ClN2O/c1-2-3-4-8-11(15)14-10-7-5-6-9(12)13-10/h2-8H,1H3,(H,13,14,15)/b3-2+,8-4+. The van der Waals surface area contributed by atoms with E-state index in [0.29, 0.717) is 11.0 Å². The van der Waals surface area contributed by atoms with Crippen molar-refractivity contribution in [2.45, 2.75) is 6.92 Å². The van der Waals surface area contributed by atoms with Crippen LogP contribution in [0.15, 0.2) is 42.5 Å². The Hall–Kier alpha value is -1.61. The molecule has 0 spiro atoms. The zero-order chi connectivity index (χ0) is 11.1. The smallest absolute Gasteiger partial charge is 0.249 e. The summed E-state index contributed by atoms with van der Waals surface area (Å²) in [6, 6.07) is 5.04. The maximum atomic E-state index is 11.3. The normalized spacial score (nSPS) is 11.1. The second kappa shape index (κ2) is 5.98. The van der Waals surface area contributed by atoms with Gasteiger partial charge in [0.05, 0.1) is 0 Å². The minimum absolute atomic E-state index is 0.233. The number of carbonyl (C=O) groups is 1. The fraction of sp³-hybridized carbons (Fsp3) is 0.0909. The number of nitrogens with zero attached hydrogens (tertiary/aromatic N) is 1. The fourth-order valence-electron chi connectivity index (χ4n) is 0.900. The molecule has 1 N–H and O–H groups in total. The molecule has 0 aromatic carbocycles. The molecule has 3 nitrogen and oxygen atoms in total. The monoisotopic (exact) mass is 222 g/mol. The number of carbonyl (C=O) groups excluding carboxylic acids is 1. The zero-order valence-electron chi connectivity index (χ0n) is 8.27. The van der Waals surface area contributed by atoms with Gasteiger partial charge in [-0.25, -0.2) is 4.98 Å².